The van der Waals surface area contributed by atoms with E-state index in [1.54, 1.807) is 0 Å². The van der Waals surface area contributed by atoms with E-state index in [2.05, 4.69) is 137 Å². The highest BCUT2D eigenvalue weighted by Gasteiger charge is 2.27. The molecule has 0 aliphatic carbocycles. The van der Waals surface area contributed by atoms with Gasteiger partial charge in [-0.3, -0.25) is 0 Å². The van der Waals surface area contributed by atoms with Crippen LogP contribution in [0, 0.1) is 0 Å². The average molecular weight is 530 g/mol. The highest BCUT2D eigenvalue weighted by atomic mass is 14.7. The Morgan fingerprint density at radius 3 is 2.07 bits per heavy atom. The Kier molecular flexibility index (Phi) is 6.81. The molecule has 0 radical (unpaired) electrons. The summed E-state index contributed by atoms with van der Waals surface area (Å²) in [6.07, 6.45) is 25.7. The molecule has 5 aromatic carbocycles. The lowest BCUT2D eigenvalue weighted by Crippen LogP contribution is -2.03. The minimum absolute atomic E-state index is 1.15. The third-order valence-corrected chi connectivity index (χ3v) is 8.27. The molecule has 0 saturated heterocycles. The molecule has 1 heterocycles. The van der Waals surface area contributed by atoms with Crippen LogP contribution in [0.3, 0.4) is 0 Å². The second-order valence-corrected chi connectivity index (χ2v) is 10.3. The standard InChI is InChI=1S/C40H35N/c1-7-13-18-26(11-5)34-38-29-21-15-20-25(10-4)33(29)28(12-6)37(38)35(27(17-9-3)19-14-8-2)39-30-22-16-23-32-36(30)31(24-41-32)40(34)39/h7-24,41H,1,4H2,2-3,5-6H3/b14-8-,17-9-,18-13-,26-11+,27-19+,28-12+. The summed E-state index contributed by atoms with van der Waals surface area (Å²) in [6.45, 7) is 16.6. The molecule has 0 fully saturated rings. The van der Waals surface area contributed by atoms with E-state index in [1.807, 2.05) is 18.2 Å². The van der Waals surface area contributed by atoms with Crippen LogP contribution in [0.5, 0.6) is 0 Å². The maximum Gasteiger partial charge on any atom is 0.0466 e. The summed E-state index contributed by atoms with van der Waals surface area (Å²) in [6, 6.07) is 13.3. The Bertz CT molecular complexity index is 2200. The Morgan fingerprint density at radius 1 is 0.683 bits per heavy atom. The minimum atomic E-state index is 1.15. The second kappa shape index (κ2) is 10.6. The van der Waals surface area contributed by atoms with E-state index in [-0.39, 0.29) is 0 Å². The lowest BCUT2D eigenvalue weighted by Gasteiger charge is -2.16. The van der Waals surface area contributed by atoms with E-state index < -0.39 is 0 Å². The fourth-order valence-corrected chi connectivity index (χ4v) is 6.76. The van der Waals surface area contributed by atoms with E-state index in [0.29, 0.717) is 0 Å². The second-order valence-electron chi connectivity index (χ2n) is 10.3. The van der Waals surface area contributed by atoms with Crippen LogP contribution in [0.4, 0.5) is 0 Å². The lowest BCUT2D eigenvalue weighted by molar-refractivity contribution is 1.49. The van der Waals surface area contributed by atoms with Crippen LogP contribution >= 0.6 is 0 Å². The van der Waals surface area contributed by atoms with Crippen molar-refractivity contribution in [1.29, 1.82) is 0 Å². The van der Waals surface area contributed by atoms with Crippen molar-refractivity contribution >= 4 is 77.3 Å². The Morgan fingerprint density at radius 2 is 1.39 bits per heavy atom. The molecule has 0 bridgehead atoms. The van der Waals surface area contributed by atoms with Crippen LogP contribution in [-0.2, 0) is 0 Å². The number of H-pyrrole nitrogens is 1. The van der Waals surface area contributed by atoms with Gasteiger partial charge in [-0.1, -0.05) is 110 Å². The SMILES string of the molecule is C=C/C=C\C(=C/C)c1c2c(c(C(/C=C\C)=C/C=C\C)c3c4cccc5[nH]cc(c13)c54)/c(=C/C)c1c(C=C)cccc12. The molecule has 0 atom stereocenters. The van der Waals surface area contributed by atoms with Gasteiger partial charge in [0, 0.05) is 27.9 Å². The fourth-order valence-electron chi connectivity index (χ4n) is 6.76. The summed E-state index contributed by atoms with van der Waals surface area (Å²) in [7, 11) is 0. The number of benzene rings is 3. The summed E-state index contributed by atoms with van der Waals surface area (Å²) in [4.78, 5) is 3.56. The molecule has 1 heteroatoms. The van der Waals surface area contributed by atoms with Gasteiger partial charge < -0.3 is 4.98 Å². The van der Waals surface area contributed by atoms with E-state index in [9.17, 15) is 0 Å². The molecular formula is C40H35N. The van der Waals surface area contributed by atoms with Gasteiger partial charge in [-0.15, -0.1) is 0 Å². The predicted octanol–water partition coefficient (Wildman–Crippen LogP) is 11.1. The van der Waals surface area contributed by atoms with Crippen molar-refractivity contribution in [2.24, 2.45) is 0 Å². The van der Waals surface area contributed by atoms with Crippen LogP contribution in [-0.4, -0.2) is 4.98 Å². The molecule has 6 rings (SSSR count). The Hall–Kier alpha value is -4.88. The molecule has 1 N–H and O–H groups in total. The van der Waals surface area contributed by atoms with Gasteiger partial charge in [-0.05, 0) is 99.1 Å². The van der Waals surface area contributed by atoms with Gasteiger partial charge in [0.05, 0.1) is 0 Å². The van der Waals surface area contributed by atoms with Crippen molar-refractivity contribution in [3.8, 4) is 0 Å². The van der Waals surface area contributed by atoms with Crippen molar-refractivity contribution in [1.82, 2.24) is 4.98 Å². The van der Waals surface area contributed by atoms with Crippen LogP contribution in [0.25, 0.3) is 77.3 Å². The van der Waals surface area contributed by atoms with Gasteiger partial charge in [0.2, 0.25) is 0 Å². The van der Waals surface area contributed by atoms with Crippen molar-refractivity contribution in [2.75, 3.05) is 0 Å². The summed E-state index contributed by atoms with van der Waals surface area (Å²) in [5.74, 6) is 0. The van der Waals surface area contributed by atoms with Crippen LogP contribution in [0.15, 0.2) is 110 Å². The normalized spacial score (nSPS) is 14.2. The summed E-state index contributed by atoms with van der Waals surface area (Å²) >= 11 is 0. The highest BCUT2D eigenvalue weighted by Crippen LogP contribution is 2.50. The number of aromatic nitrogens is 1. The third-order valence-electron chi connectivity index (χ3n) is 8.27. The zero-order chi connectivity index (χ0) is 28.7. The van der Waals surface area contributed by atoms with E-state index in [0.717, 1.165) is 5.56 Å². The fraction of sp³-hybridized carbons (Fsp3) is 0.100. The summed E-state index contributed by atoms with van der Waals surface area (Å²) in [5, 5.41) is 12.8. The van der Waals surface area contributed by atoms with Crippen molar-refractivity contribution in [3.05, 3.63) is 132 Å². The van der Waals surface area contributed by atoms with E-state index in [4.69, 9.17) is 0 Å². The maximum absolute atomic E-state index is 4.20. The molecule has 0 unspecified atom stereocenters. The Labute approximate surface area is 241 Å². The molecule has 0 aliphatic rings. The molecule has 1 aromatic heterocycles. The van der Waals surface area contributed by atoms with Gasteiger partial charge in [0.25, 0.3) is 0 Å². The zero-order valence-corrected chi connectivity index (χ0v) is 24.3. The van der Waals surface area contributed by atoms with E-state index in [1.165, 1.54) is 81.5 Å². The van der Waals surface area contributed by atoms with Gasteiger partial charge in [0.1, 0.15) is 0 Å². The summed E-state index contributed by atoms with van der Waals surface area (Å²) < 4.78 is 0. The summed E-state index contributed by atoms with van der Waals surface area (Å²) in [5.41, 5.74) is 7.25. The highest BCUT2D eigenvalue weighted by molar-refractivity contribution is 6.39. The largest absolute Gasteiger partial charge is 0.361 e. The van der Waals surface area contributed by atoms with Crippen molar-refractivity contribution in [2.45, 2.75) is 27.7 Å². The number of hydrogen-bond donors (Lipinski definition) is 1. The predicted molar refractivity (Wildman–Crippen MR) is 186 cm³/mol. The number of allylic oxidation sites excluding steroid dienone is 11. The number of aromatic amines is 1. The molecule has 0 aliphatic heterocycles. The smallest absolute Gasteiger partial charge is 0.0466 e. The minimum Gasteiger partial charge on any atom is -0.361 e. The molecule has 0 saturated carbocycles. The Balaban J connectivity index is 2.09. The average Bonchev–Trinajstić information content (AvgIpc) is 3.68. The van der Waals surface area contributed by atoms with E-state index >= 15 is 0 Å². The monoisotopic (exact) mass is 529 g/mol. The van der Waals surface area contributed by atoms with Crippen molar-refractivity contribution in [3.63, 3.8) is 0 Å². The van der Waals surface area contributed by atoms with Crippen LogP contribution in [0.2, 0.25) is 0 Å². The first-order valence-corrected chi connectivity index (χ1v) is 14.3. The first-order chi connectivity index (χ1) is 20.1. The number of fused-ring (bicyclic) bond motifs is 6. The maximum atomic E-state index is 4.20. The van der Waals surface area contributed by atoms with Crippen LogP contribution in [0.1, 0.15) is 44.4 Å². The first-order valence-electron chi connectivity index (χ1n) is 14.3. The molecule has 41 heavy (non-hydrogen) atoms. The van der Waals surface area contributed by atoms with Crippen LogP contribution < -0.4 is 5.22 Å². The third kappa shape index (κ3) is 3.77. The molecule has 6 aromatic rings. The quantitative estimate of drug-likeness (QED) is 0.198. The van der Waals surface area contributed by atoms with Gasteiger partial charge in [-0.25, -0.2) is 0 Å². The van der Waals surface area contributed by atoms with Gasteiger partial charge in [0.15, 0.2) is 0 Å². The first kappa shape index (κ1) is 26.3. The molecular weight excluding hydrogens is 494 g/mol. The molecule has 0 spiro atoms. The number of nitrogens with one attached hydrogen (secondary N) is 1. The topological polar surface area (TPSA) is 15.8 Å². The molecule has 1 nitrogen and oxygen atoms in total. The molecule has 200 valence electrons. The number of hydrogen-bond acceptors (Lipinski definition) is 0. The van der Waals surface area contributed by atoms with Gasteiger partial charge >= 0.3 is 0 Å². The number of rotatable bonds is 7. The van der Waals surface area contributed by atoms with Gasteiger partial charge in [-0.2, -0.15) is 0 Å². The van der Waals surface area contributed by atoms with Crippen molar-refractivity contribution < 1.29 is 0 Å². The zero-order valence-electron chi connectivity index (χ0n) is 24.3. The molecule has 0 amide bonds. The lowest BCUT2D eigenvalue weighted by atomic mass is 9.86.